The van der Waals surface area contributed by atoms with Crippen LogP contribution in [0, 0.1) is 5.82 Å². The number of halogens is 1. The number of hydrogen-bond acceptors (Lipinski definition) is 5. The fraction of sp³-hybridized carbons (Fsp3) is 0.474. The van der Waals surface area contributed by atoms with E-state index in [0.717, 1.165) is 57.1 Å². The summed E-state index contributed by atoms with van der Waals surface area (Å²) in [6.45, 7) is 3.24. The summed E-state index contributed by atoms with van der Waals surface area (Å²) in [5.74, 6) is 1.11. The molecule has 0 saturated carbocycles. The predicted molar refractivity (Wildman–Crippen MR) is 95.5 cm³/mol. The normalized spacial score (nSPS) is 21.5. The minimum Gasteiger partial charge on any atom is -0.381 e. The topological polar surface area (TPSA) is 50.3 Å². The molecule has 0 amide bonds. The number of benzene rings is 1. The molecule has 2 fully saturated rings. The second-order valence-electron chi connectivity index (χ2n) is 6.75. The lowest BCUT2D eigenvalue weighted by molar-refractivity contribution is 0.193. The third-order valence-corrected chi connectivity index (χ3v) is 5.08. The zero-order valence-electron chi connectivity index (χ0n) is 14.2. The summed E-state index contributed by atoms with van der Waals surface area (Å²) < 4.78 is 19.4. The molecule has 2 aliphatic heterocycles. The lowest BCUT2D eigenvalue weighted by Crippen LogP contribution is -2.39. The average molecular weight is 342 g/mol. The van der Waals surface area contributed by atoms with Gasteiger partial charge in [0.25, 0.3) is 0 Å². The summed E-state index contributed by atoms with van der Waals surface area (Å²) in [4.78, 5) is 10.9. The molecule has 0 bridgehead atoms. The van der Waals surface area contributed by atoms with Gasteiger partial charge in [0.15, 0.2) is 0 Å². The molecule has 1 aromatic carbocycles. The summed E-state index contributed by atoms with van der Waals surface area (Å²) in [7, 11) is 0. The summed E-state index contributed by atoms with van der Waals surface area (Å²) >= 11 is 0. The molecule has 3 heterocycles. The van der Waals surface area contributed by atoms with Crippen molar-refractivity contribution in [1.82, 2.24) is 9.97 Å². The van der Waals surface area contributed by atoms with Crippen molar-refractivity contribution in [3.63, 3.8) is 0 Å². The van der Waals surface area contributed by atoms with Gasteiger partial charge in [-0.15, -0.1) is 0 Å². The lowest BCUT2D eigenvalue weighted by Gasteiger charge is -2.34. The van der Waals surface area contributed by atoms with Crippen LogP contribution in [0.5, 0.6) is 0 Å². The van der Waals surface area contributed by atoms with Gasteiger partial charge < -0.3 is 15.0 Å². The molecule has 25 heavy (non-hydrogen) atoms. The van der Waals surface area contributed by atoms with E-state index >= 15 is 0 Å². The molecule has 0 spiro atoms. The van der Waals surface area contributed by atoms with E-state index in [0.29, 0.717) is 17.6 Å². The largest absolute Gasteiger partial charge is 0.381 e. The highest BCUT2D eigenvalue weighted by Gasteiger charge is 2.23. The molecule has 0 aliphatic carbocycles. The predicted octanol–water partition coefficient (Wildman–Crippen LogP) is 3.20. The van der Waals surface area contributed by atoms with Gasteiger partial charge in [-0.25, -0.2) is 14.4 Å². The number of nitrogens with zero attached hydrogens (tertiary/aromatic N) is 3. The molecule has 4 rings (SSSR count). The van der Waals surface area contributed by atoms with E-state index in [4.69, 9.17) is 4.74 Å². The zero-order chi connectivity index (χ0) is 17.1. The third-order valence-electron chi connectivity index (χ3n) is 5.08. The molecule has 5 nitrogen and oxygen atoms in total. The molecule has 2 aliphatic rings. The first-order chi connectivity index (χ1) is 12.3. The molecule has 2 saturated heterocycles. The summed E-state index contributed by atoms with van der Waals surface area (Å²) in [5.41, 5.74) is 1.75. The van der Waals surface area contributed by atoms with E-state index < -0.39 is 0 Å². The quantitative estimate of drug-likeness (QED) is 0.925. The smallest absolute Gasteiger partial charge is 0.146 e. The number of ether oxygens (including phenoxy) is 1. The fourth-order valence-corrected chi connectivity index (χ4v) is 3.62. The number of piperidine rings is 1. The molecule has 6 heteroatoms. The maximum absolute atomic E-state index is 13.9. The molecule has 132 valence electrons. The number of rotatable bonds is 4. The number of nitrogens with one attached hydrogen (secondary N) is 1. The van der Waals surface area contributed by atoms with E-state index in [1.165, 1.54) is 6.07 Å². The van der Waals surface area contributed by atoms with Gasteiger partial charge in [-0.2, -0.15) is 0 Å². The minimum atomic E-state index is -0.145. The van der Waals surface area contributed by atoms with Crippen LogP contribution in [-0.2, 0) is 4.74 Å². The lowest BCUT2D eigenvalue weighted by atomic mass is 10.0. The van der Waals surface area contributed by atoms with Crippen molar-refractivity contribution in [2.45, 2.75) is 31.2 Å². The molecule has 1 aromatic heterocycles. The Balaban J connectivity index is 1.36. The first-order valence-electron chi connectivity index (χ1n) is 8.95. The maximum Gasteiger partial charge on any atom is 0.146 e. The van der Waals surface area contributed by atoms with Gasteiger partial charge in [0.05, 0.1) is 18.0 Å². The van der Waals surface area contributed by atoms with Gasteiger partial charge in [0.1, 0.15) is 18.0 Å². The van der Waals surface area contributed by atoms with Crippen molar-refractivity contribution >= 4 is 11.5 Å². The first kappa shape index (κ1) is 16.3. The highest BCUT2D eigenvalue weighted by Crippen LogP contribution is 2.26. The Morgan fingerprint density at radius 1 is 1.12 bits per heavy atom. The van der Waals surface area contributed by atoms with Crippen LogP contribution in [0.3, 0.4) is 0 Å². The first-order valence-corrected chi connectivity index (χ1v) is 8.95. The average Bonchev–Trinajstić information content (AvgIpc) is 3.18. The van der Waals surface area contributed by atoms with Gasteiger partial charge >= 0.3 is 0 Å². The van der Waals surface area contributed by atoms with Crippen molar-refractivity contribution in [2.24, 2.45) is 0 Å². The molecule has 0 unspecified atom stereocenters. The summed E-state index contributed by atoms with van der Waals surface area (Å²) in [6, 6.07) is 9.39. The van der Waals surface area contributed by atoms with Crippen LogP contribution in [0.1, 0.15) is 30.9 Å². The molecule has 0 radical (unpaired) electrons. The maximum atomic E-state index is 13.9. The number of aromatic nitrogens is 2. The highest BCUT2D eigenvalue weighted by molar-refractivity contribution is 5.48. The summed E-state index contributed by atoms with van der Waals surface area (Å²) in [5, 5.41) is 3.52. The van der Waals surface area contributed by atoms with E-state index in [1.54, 1.807) is 12.4 Å². The van der Waals surface area contributed by atoms with Crippen molar-refractivity contribution < 1.29 is 9.13 Å². The Bertz CT molecular complexity index is 712. The molecular formula is C19H23FN4O. The highest BCUT2D eigenvalue weighted by atomic mass is 19.1. The van der Waals surface area contributed by atoms with Crippen LogP contribution in [0.15, 0.2) is 36.7 Å². The van der Waals surface area contributed by atoms with Gasteiger partial charge in [0, 0.05) is 37.7 Å². The van der Waals surface area contributed by atoms with E-state index in [2.05, 4.69) is 20.2 Å². The monoisotopic (exact) mass is 342 g/mol. The Morgan fingerprint density at radius 2 is 1.96 bits per heavy atom. The molecule has 1 atom stereocenters. The summed E-state index contributed by atoms with van der Waals surface area (Å²) in [6.07, 6.45) is 4.57. The Labute approximate surface area is 147 Å². The van der Waals surface area contributed by atoms with Crippen LogP contribution < -0.4 is 10.2 Å². The van der Waals surface area contributed by atoms with Crippen LogP contribution >= 0.6 is 0 Å². The Hall–Kier alpha value is -2.21. The van der Waals surface area contributed by atoms with Crippen LogP contribution in [0.2, 0.25) is 0 Å². The van der Waals surface area contributed by atoms with Gasteiger partial charge in [-0.05, 0) is 31.4 Å². The molecular weight excluding hydrogens is 319 g/mol. The fourth-order valence-electron chi connectivity index (χ4n) is 3.62. The van der Waals surface area contributed by atoms with Crippen LogP contribution in [0.25, 0.3) is 0 Å². The Kier molecular flexibility index (Phi) is 4.78. The van der Waals surface area contributed by atoms with Crippen molar-refractivity contribution in [3.8, 4) is 0 Å². The van der Waals surface area contributed by atoms with Crippen molar-refractivity contribution in [1.29, 1.82) is 0 Å². The molecule has 1 N–H and O–H groups in total. The second kappa shape index (κ2) is 7.35. The SMILES string of the molecule is Fc1ccccc1N1CCC(Nc2cc([C@@H]3CCOC3)ncn2)CC1. The number of anilines is 2. The minimum absolute atomic E-state index is 0.145. The van der Waals surface area contributed by atoms with Gasteiger partial charge in [0.2, 0.25) is 0 Å². The number of para-hydroxylation sites is 1. The van der Waals surface area contributed by atoms with Crippen LogP contribution in [-0.4, -0.2) is 42.3 Å². The van der Waals surface area contributed by atoms with Crippen LogP contribution in [0.4, 0.5) is 15.9 Å². The third kappa shape index (κ3) is 3.74. The Morgan fingerprint density at radius 3 is 2.72 bits per heavy atom. The standard InChI is InChI=1S/C19H23FN4O/c20-16-3-1-2-4-18(16)24-8-5-15(6-9-24)23-19-11-17(21-13-22-19)14-7-10-25-12-14/h1-4,11,13-15H,5-10,12H2,(H,21,22,23)/t14-/m1/s1. The van der Waals surface area contributed by atoms with E-state index in [-0.39, 0.29) is 5.82 Å². The van der Waals surface area contributed by atoms with Gasteiger partial charge in [-0.1, -0.05) is 12.1 Å². The van der Waals surface area contributed by atoms with Crippen molar-refractivity contribution in [3.05, 3.63) is 48.2 Å². The van der Waals surface area contributed by atoms with E-state index in [9.17, 15) is 4.39 Å². The molecule has 2 aromatic rings. The number of hydrogen-bond donors (Lipinski definition) is 1. The second-order valence-corrected chi connectivity index (χ2v) is 6.75. The zero-order valence-corrected chi connectivity index (χ0v) is 14.2. The van der Waals surface area contributed by atoms with Crippen molar-refractivity contribution in [2.75, 3.05) is 36.5 Å². The van der Waals surface area contributed by atoms with E-state index in [1.807, 2.05) is 18.2 Å². The van der Waals surface area contributed by atoms with Gasteiger partial charge in [-0.3, -0.25) is 0 Å².